The number of amides is 2. The lowest BCUT2D eigenvalue weighted by Gasteiger charge is -2.31. The highest BCUT2D eigenvalue weighted by atomic mass is 16.4. The second-order valence-corrected chi connectivity index (χ2v) is 5.38. The summed E-state index contributed by atoms with van der Waals surface area (Å²) in [5, 5.41) is 11.8. The van der Waals surface area contributed by atoms with Crippen molar-refractivity contribution in [2.24, 2.45) is 0 Å². The number of hydrogen-bond acceptors (Lipinski definition) is 3. The van der Waals surface area contributed by atoms with E-state index < -0.39 is 12.0 Å². The van der Waals surface area contributed by atoms with Crippen molar-refractivity contribution in [2.75, 3.05) is 27.2 Å². The van der Waals surface area contributed by atoms with Gasteiger partial charge in [-0.05, 0) is 34.4 Å². The standard InChI is InChI=1S/C14H29N3O3/c1-6-8-9-12(13(18)19)15-14(20)17(7-2)11(3)10-16(4)5/h11-12H,6-10H2,1-5H3,(H,15,20)(H,18,19)/t11?,12-/m0/s1. The van der Waals surface area contributed by atoms with Gasteiger partial charge in [0.15, 0.2) is 0 Å². The van der Waals surface area contributed by atoms with E-state index in [0.717, 1.165) is 19.4 Å². The molecule has 0 heterocycles. The average Bonchev–Trinajstić information content (AvgIpc) is 2.33. The van der Waals surface area contributed by atoms with Gasteiger partial charge >= 0.3 is 12.0 Å². The maximum absolute atomic E-state index is 12.2. The minimum Gasteiger partial charge on any atom is -0.480 e. The maximum Gasteiger partial charge on any atom is 0.326 e. The first kappa shape index (κ1) is 18.7. The van der Waals surface area contributed by atoms with Crippen molar-refractivity contribution in [3.05, 3.63) is 0 Å². The number of nitrogens with one attached hydrogen (secondary N) is 1. The predicted octanol–water partition coefficient (Wildman–Crippen LogP) is 1.61. The van der Waals surface area contributed by atoms with E-state index in [4.69, 9.17) is 5.11 Å². The zero-order valence-corrected chi connectivity index (χ0v) is 13.3. The number of urea groups is 1. The second-order valence-electron chi connectivity index (χ2n) is 5.38. The molecule has 6 heteroatoms. The van der Waals surface area contributed by atoms with Crippen LogP contribution in [0.25, 0.3) is 0 Å². The van der Waals surface area contributed by atoms with Crippen molar-refractivity contribution in [3.63, 3.8) is 0 Å². The van der Waals surface area contributed by atoms with E-state index in [1.807, 2.05) is 39.8 Å². The lowest BCUT2D eigenvalue weighted by molar-refractivity contribution is -0.139. The van der Waals surface area contributed by atoms with Gasteiger partial charge in [-0.1, -0.05) is 19.8 Å². The van der Waals surface area contributed by atoms with Crippen LogP contribution in [0, 0.1) is 0 Å². The van der Waals surface area contributed by atoms with Crippen molar-refractivity contribution in [1.82, 2.24) is 15.1 Å². The number of carbonyl (C=O) groups excluding carboxylic acids is 1. The number of rotatable bonds is 9. The van der Waals surface area contributed by atoms with Crippen LogP contribution in [0.2, 0.25) is 0 Å². The molecule has 118 valence electrons. The number of carboxylic acids is 1. The van der Waals surface area contributed by atoms with E-state index in [0.29, 0.717) is 13.0 Å². The summed E-state index contributed by atoms with van der Waals surface area (Å²) in [5.74, 6) is -0.969. The number of carbonyl (C=O) groups is 2. The molecule has 0 saturated carbocycles. The molecule has 0 aliphatic heterocycles. The monoisotopic (exact) mass is 287 g/mol. The molecule has 0 aromatic heterocycles. The first-order chi connectivity index (χ1) is 9.33. The van der Waals surface area contributed by atoms with Crippen molar-refractivity contribution < 1.29 is 14.7 Å². The van der Waals surface area contributed by atoms with Crippen LogP contribution in [0.3, 0.4) is 0 Å². The molecule has 20 heavy (non-hydrogen) atoms. The van der Waals surface area contributed by atoms with Gasteiger partial charge in [-0.2, -0.15) is 0 Å². The third kappa shape index (κ3) is 6.75. The molecule has 2 atom stereocenters. The molecule has 0 saturated heterocycles. The number of aliphatic carboxylic acids is 1. The topological polar surface area (TPSA) is 72.9 Å². The van der Waals surface area contributed by atoms with Crippen LogP contribution < -0.4 is 5.32 Å². The van der Waals surface area contributed by atoms with E-state index in [2.05, 4.69) is 5.32 Å². The number of unbranched alkanes of at least 4 members (excludes halogenated alkanes) is 1. The van der Waals surface area contributed by atoms with Crippen LogP contribution in [0.5, 0.6) is 0 Å². The van der Waals surface area contributed by atoms with Gasteiger partial charge < -0.3 is 20.2 Å². The summed E-state index contributed by atoms with van der Waals surface area (Å²) in [6, 6.07) is -1.07. The van der Waals surface area contributed by atoms with Gasteiger partial charge in [0.1, 0.15) is 6.04 Å². The molecule has 0 rings (SSSR count). The molecule has 0 fully saturated rings. The number of hydrogen-bond donors (Lipinski definition) is 2. The molecule has 6 nitrogen and oxygen atoms in total. The summed E-state index contributed by atoms with van der Waals surface area (Å²) in [5.41, 5.74) is 0. The SMILES string of the molecule is CCCC[C@H](NC(=O)N(CC)C(C)CN(C)C)C(=O)O. The summed E-state index contributed by atoms with van der Waals surface area (Å²) in [4.78, 5) is 27.0. The Morgan fingerprint density at radius 3 is 2.25 bits per heavy atom. The Hall–Kier alpha value is -1.30. The summed E-state index contributed by atoms with van der Waals surface area (Å²) in [7, 11) is 3.90. The van der Waals surface area contributed by atoms with Crippen LogP contribution >= 0.6 is 0 Å². The largest absolute Gasteiger partial charge is 0.480 e. The van der Waals surface area contributed by atoms with Crippen LogP contribution in [0.1, 0.15) is 40.0 Å². The van der Waals surface area contributed by atoms with Crippen LogP contribution in [-0.4, -0.2) is 66.2 Å². The van der Waals surface area contributed by atoms with E-state index in [1.54, 1.807) is 4.90 Å². The lowest BCUT2D eigenvalue weighted by Crippen LogP contribution is -2.52. The van der Waals surface area contributed by atoms with E-state index in [-0.39, 0.29) is 12.1 Å². The normalized spacial score (nSPS) is 13.9. The highest BCUT2D eigenvalue weighted by Crippen LogP contribution is 2.05. The quantitative estimate of drug-likeness (QED) is 0.676. The Balaban J connectivity index is 4.61. The molecule has 0 radical (unpaired) electrons. The molecule has 1 unspecified atom stereocenters. The smallest absolute Gasteiger partial charge is 0.326 e. The molecule has 0 bridgehead atoms. The van der Waals surface area contributed by atoms with Gasteiger partial charge in [0.05, 0.1) is 0 Å². The molecule has 0 aromatic carbocycles. The fourth-order valence-corrected chi connectivity index (χ4v) is 2.18. The zero-order chi connectivity index (χ0) is 15.7. The maximum atomic E-state index is 12.2. The Kier molecular flexibility index (Phi) is 8.96. The number of likely N-dealkylation sites (N-methyl/N-ethyl adjacent to an activating group) is 2. The Morgan fingerprint density at radius 2 is 1.85 bits per heavy atom. The van der Waals surface area contributed by atoms with Crippen LogP contribution in [-0.2, 0) is 4.79 Å². The Morgan fingerprint density at radius 1 is 1.25 bits per heavy atom. The molecular weight excluding hydrogens is 258 g/mol. The summed E-state index contributed by atoms with van der Waals surface area (Å²) >= 11 is 0. The fraction of sp³-hybridized carbons (Fsp3) is 0.857. The second kappa shape index (κ2) is 9.58. The highest BCUT2D eigenvalue weighted by molar-refractivity contribution is 5.82. The van der Waals surface area contributed by atoms with Crippen molar-refractivity contribution in [2.45, 2.75) is 52.1 Å². The van der Waals surface area contributed by atoms with Crippen molar-refractivity contribution in [3.8, 4) is 0 Å². The van der Waals surface area contributed by atoms with Crippen molar-refractivity contribution in [1.29, 1.82) is 0 Å². The van der Waals surface area contributed by atoms with Gasteiger partial charge in [0.2, 0.25) is 0 Å². The molecule has 0 aliphatic rings. The van der Waals surface area contributed by atoms with Crippen LogP contribution in [0.15, 0.2) is 0 Å². The molecule has 2 N–H and O–H groups in total. The predicted molar refractivity (Wildman–Crippen MR) is 79.9 cm³/mol. The van der Waals surface area contributed by atoms with Crippen molar-refractivity contribution >= 4 is 12.0 Å². The highest BCUT2D eigenvalue weighted by Gasteiger charge is 2.24. The lowest BCUT2D eigenvalue weighted by atomic mass is 10.1. The van der Waals surface area contributed by atoms with E-state index in [1.165, 1.54) is 0 Å². The number of nitrogens with zero attached hydrogens (tertiary/aromatic N) is 2. The van der Waals surface area contributed by atoms with E-state index >= 15 is 0 Å². The minimum atomic E-state index is -0.969. The molecule has 0 aromatic rings. The first-order valence-electron chi connectivity index (χ1n) is 7.28. The minimum absolute atomic E-state index is 0.0376. The summed E-state index contributed by atoms with van der Waals surface area (Å²) < 4.78 is 0. The van der Waals surface area contributed by atoms with Crippen LogP contribution in [0.4, 0.5) is 4.79 Å². The summed E-state index contributed by atoms with van der Waals surface area (Å²) in [6.45, 7) is 7.16. The summed E-state index contributed by atoms with van der Waals surface area (Å²) in [6.07, 6.45) is 2.17. The Bertz CT molecular complexity index is 308. The van der Waals surface area contributed by atoms with Gasteiger partial charge in [0.25, 0.3) is 0 Å². The van der Waals surface area contributed by atoms with E-state index in [9.17, 15) is 9.59 Å². The van der Waals surface area contributed by atoms with Gasteiger partial charge in [0, 0.05) is 19.1 Å². The molecule has 0 spiro atoms. The average molecular weight is 287 g/mol. The molecular formula is C14H29N3O3. The molecule has 2 amide bonds. The van der Waals surface area contributed by atoms with Gasteiger partial charge in [-0.3, -0.25) is 0 Å². The Labute approximate surface area is 122 Å². The number of carboxylic acid groups (broad SMARTS) is 1. The zero-order valence-electron chi connectivity index (χ0n) is 13.3. The third-order valence-electron chi connectivity index (χ3n) is 3.21. The fourth-order valence-electron chi connectivity index (χ4n) is 2.18. The first-order valence-corrected chi connectivity index (χ1v) is 7.28. The van der Waals surface area contributed by atoms with Gasteiger partial charge in [-0.15, -0.1) is 0 Å². The third-order valence-corrected chi connectivity index (χ3v) is 3.21. The molecule has 0 aliphatic carbocycles. The van der Waals surface area contributed by atoms with Gasteiger partial charge in [-0.25, -0.2) is 9.59 Å².